The van der Waals surface area contributed by atoms with Gasteiger partial charge in [-0.15, -0.1) is 0 Å². The van der Waals surface area contributed by atoms with Crippen molar-refractivity contribution in [3.05, 3.63) is 71.8 Å². The molecule has 10 unspecified atom stereocenters. The Morgan fingerprint density at radius 1 is 0.818 bits per heavy atom. The summed E-state index contributed by atoms with van der Waals surface area (Å²) in [5.41, 5.74) is 1.84. The maximum absolute atomic E-state index is 12.8. The standard InChI is InChI=1S/C34H46O10/c1-6-14-26-29(28(21(3)25(7-2)42-26)39-19-23-15-10-8-11-16-23)43-34-32(41-22(4)35)30(27(36)31(44-34)33(37)38-5)40-20-24-17-12-9-13-18-24/h8-13,15-18,21,25-32,34,36H,6-7,14,19-20H2,1-5H3. The summed E-state index contributed by atoms with van der Waals surface area (Å²) in [4.78, 5) is 25.2. The monoisotopic (exact) mass is 614 g/mol. The molecular formula is C34H46O10. The molecule has 2 heterocycles. The topological polar surface area (TPSA) is 119 Å². The smallest absolute Gasteiger partial charge is 0.337 e. The Kier molecular flexibility index (Phi) is 12.7. The lowest BCUT2D eigenvalue weighted by molar-refractivity contribution is -0.340. The first-order valence-electron chi connectivity index (χ1n) is 15.5. The average Bonchev–Trinajstić information content (AvgIpc) is 3.03. The first kappa shape index (κ1) is 34.0. The van der Waals surface area contributed by atoms with Gasteiger partial charge >= 0.3 is 11.9 Å². The molecular weight excluding hydrogens is 568 g/mol. The number of aliphatic hydroxyl groups is 1. The molecule has 242 valence electrons. The summed E-state index contributed by atoms with van der Waals surface area (Å²) in [6.45, 7) is 7.92. The number of benzene rings is 2. The fraction of sp³-hybridized carbons (Fsp3) is 0.588. The summed E-state index contributed by atoms with van der Waals surface area (Å²) in [5, 5.41) is 11.3. The molecule has 2 fully saturated rings. The van der Waals surface area contributed by atoms with E-state index in [2.05, 4.69) is 20.8 Å². The number of carbonyl (C=O) groups excluding carboxylic acids is 2. The largest absolute Gasteiger partial charge is 0.467 e. The van der Waals surface area contributed by atoms with Gasteiger partial charge in [0.05, 0.1) is 38.6 Å². The molecule has 2 saturated heterocycles. The number of ether oxygens (including phenoxy) is 7. The van der Waals surface area contributed by atoms with E-state index < -0.39 is 54.9 Å². The zero-order valence-corrected chi connectivity index (χ0v) is 26.2. The third-order valence-electron chi connectivity index (χ3n) is 8.24. The van der Waals surface area contributed by atoms with Crippen molar-refractivity contribution in [2.24, 2.45) is 5.92 Å². The van der Waals surface area contributed by atoms with Gasteiger partial charge in [0.2, 0.25) is 0 Å². The van der Waals surface area contributed by atoms with Crippen LogP contribution in [-0.2, 0) is 56.0 Å². The Morgan fingerprint density at radius 2 is 1.41 bits per heavy atom. The molecule has 10 heteroatoms. The molecule has 44 heavy (non-hydrogen) atoms. The molecule has 0 saturated carbocycles. The van der Waals surface area contributed by atoms with E-state index in [-0.39, 0.29) is 24.7 Å². The zero-order chi connectivity index (χ0) is 31.6. The van der Waals surface area contributed by atoms with Gasteiger partial charge in [0.15, 0.2) is 18.5 Å². The fourth-order valence-corrected chi connectivity index (χ4v) is 5.99. The van der Waals surface area contributed by atoms with Crippen molar-refractivity contribution in [2.45, 2.75) is 115 Å². The van der Waals surface area contributed by atoms with E-state index in [1.165, 1.54) is 14.0 Å². The zero-order valence-electron chi connectivity index (χ0n) is 26.2. The van der Waals surface area contributed by atoms with Crippen LogP contribution in [0.5, 0.6) is 0 Å². The molecule has 2 aliphatic heterocycles. The van der Waals surface area contributed by atoms with E-state index in [0.717, 1.165) is 24.0 Å². The number of methoxy groups -OCH3 is 1. The van der Waals surface area contributed by atoms with Crippen molar-refractivity contribution in [2.75, 3.05) is 7.11 Å². The molecule has 0 amide bonds. The highest BCUT2D eigenvalue weighted by atomic mass is 16.7. The maximum Gasteiger partial charge on any atom is 0.337 e. The lowest BCUT2D eigenvalue weighted by atomic mass is 9.85. The third kappa shape index (κ3) is 8.44. The van der Waals surface area contributed by atoms with Gasteiger partial charge in [-0.3, -0.25) is 4.79 Å². The molecule has 0 aliphatic carbocycles. The lowest BCUT2D eigenvalue weighted by Gasteiger charge is -2.49. The number of hydrogen-bond acceptors (Lipinski definition) is 10. The van der Waals surface area contributed by atoms with Gasteiger partial charge in [0.25, 0.3) is 0 Å². The number of rotatable bonds is 13. The fourth-order valence-electron chi connectivity index (χ4n) is 5.99. The van der Waals surface area contributed by atoms with Crippen LogP contribution in [0.1, 0.15) is 58.1 Å². The number of esters is 2. The average molecular weight is 615 g/mol. The van der Waals surface area contributed by atoms with Crippen LogP contribution in [-0.4, -0.2) is 79.3 Å². The maximum atomic E-state index is 12.8. The van der Waals surface area contributed by atoms with Gasteiger partial charge in [0, 0.05) is 12.8 Å². The summed E-state index contributed by atoms with van der Waals surface area (Å²) >= 11 is 0. The summed E-state index contributed by atoms with van der Waals surface area (Å²) in [6, 6.07) is 19.2. The molecule has 10 nitrogen and oxygen atoms in total. The van der Waals surface area contributed by atoms with Crippen LogP contribution in [0, 0.1) is 5.92 Å². The molecule has 0 radical (unpaired) electrons. The normalized spacial score (nSPS) is 32.1. The second-order valence-corrected chi connectivity index (χ2v) is 11.4. The summed E-state index contributed by atoms with van der Waals surface area (Å²) in [6.07, 6.45) is -5.81. The first-order valence-corrected chi connectivity index (χ1v) is 15.5. The van der Waals surface area contributed by atoms with Crippen molar-refractivity contribution in [1.82, 2.24) is 0 Å². The molecule has 0 aromatic heterocycles. The highest BCUT2D eigenvalue weighted by molar-refractivity contribution is 5.75. The van der Waals surface area contributed by atoms with E-state index >= 15 is 0 Å². The number of carbonyl (C=O) groups is 2. The molecule has 4 rings (SSSR count). The van der Waals surface area contributed by atoms with Gasteiger partial charge in [-0.25, -0.2) is 4.79 Å². The second-order valence-electron chi connectivity index (χ2n) is 11.4. The number of aliphatic hydroxyl groups excluding tert-OH is 1. The molecule has 10 atom stereocenters. The van der Waals surface area contributed by atoms with Gasteiger partial charge in [-0.1, -0.05) is 87.9 Å². The second kappa shape index (κ2) is 16.5. The first-order chi connectivity index (χ1) is 21.3. The van der Waals surface area contributed by atoms with E-state index in [1.54, 1.807) is 0 Å². The van der Waals surface area contributed by atoms with Crippen LogP contribution < -0.4 is 0 Å². The van der Waals surface area contributed by atoms with Gasteiger partial charge in [-0.05, 0) is 24.0 Å². The minimum Gasteiger partial charge on any atom is -0.467 e. The van der Waals surface area contributed by atoms with Crippen LogP contribution in [0.2, 0.25) is 0 Å². The van der Waals surface area contributed by atoms with Crippen LogP contribution in [0.15, 0.2) is 60.7 Å². The highest BCUT2D eigenvalue weighted by Gasteiger charge is 2.54. The van der Waals surface area contributed by atoms with Crippen LogP contribution >= 0.6 is 0 Å². The lowest BCUT2D eigenvalue weighted by Crippen LogP contribution is -2.65. The SMILES string of the molecule is CCCC1OC(CC)C(C)C(OCc2ccccc2)C1OC1OC(C(=O)OC)C(O)C(OCc2ccccc2)C1OC(C)=O. The van der Waals surface area contributed by atoms with Crippen molar-refractivity contribution < 1.29 is 47.9 Å². The van der Waals surface area contributed by atoms with Gasteiger partial charge in [-0.2, -0.15) is 0 Å². The predicted molar refractivity (Wildman–Crippen MR) is 160 cm³/mol. The Labute approximate surface area is 259 Å². The van der Waals surface area contributed by atoms with Crippen molar-refractivity contribution in [1.29, 1.82) is 0 Å². The summed E-state index contributed by atoms with van der Waals surface area (Å²) < 4.78 is 42.7. The van der Waals surface area contributed by atoms with Crippen molar-refractivity contribution in [3.8, 4) is 0 Å². The van der Waals surface area contributed by atoms with Gasteiger partial charge in [0.1, 0.15) is 18.3 Å². The van der Waals surface area contributed by atoms with Crippen molar-refractivity contribution in [3.63, 3.8) is 0 Å². The van der Waals surface area contributed by atoms with Gasteiger partial charge < -0.3 is 38.3 Å². The van der Waals surface area contributed by atoms with Crippen LogP contribution in [0.25, 0.3) is 0 Å². The van der Waals surface area contributed by atoms with E-state index in [4.69, 9.17) is 33.2 Å². The van der Waals surface area contributed by atoms with Crippen LogP contribution in [0.4, 0.5) is 0 Å². The van der Waals surface area contributed by atoms with E-state index in [9.17, 15) is 14.7 Å². The Hall–Kier alpha value is -2.86. The Bertz CT molecular complexity index is 1160. The minimum absolute atomic E-state index is 0.0512. The Balaban J connectivity index is 1.67. The molecule has 2 aliphatic rings. The minimum atomic E-state index is -1.50. The van der Waals surface area contributed by atoms with E-state index in [0.29, 0.717) is 13.0 Å². The molecule has 2 aromatic rings. The summed E-state index contributed by atoms with van der Waals surface area (Å²) in [7, 11) is 1.21. The summed E-state index contributed by atoms with van der Waals surface area (Å²) in [5.74, 6) is -1.47. The quantitative estimate of drug-likeness (QED) is 0.326. The molecule has 1 N–H and O–H groups in total. The molecule has 0 bridgehead atoms. The highest BCUT2D eigenvalue weighted by Crippen LogP contribution is 2.37. The predicted octanol–water partition coefficient (Wildman–Crippen LogP) is 4.35. The molecule has 2 aromatic carbocycles. The number of hydrogen-bond donors (Lipinski definition) is 1. The van der Waals surface area contributed by atoms with Crippen molar-refractivity contribution >= 4 is 11.9 Å². The third-order valence-corrected chi connectivity index (χ3v) is 8.24. The molecule has 0 spiro atoms. The van der Waals surface area contributed by atoms with Crippen LogP contribution in [0.3, 0.4) is 0 Å². The Morgan fingerprint density at radius 3 is 1.93 bits per heavy atom. The van der Waals surface area contributed by atoms with E-state index in [1.807, 2.05) is 60.7 Å².